The molecule has 1 N–H and O–H groups in total. The minimum Gasteiger partial charge on any atom is -0.423 e. The van der Waals surface area contributed by atoms with E-state index in [9.17, 15) is 9.90 Å². The van der Waals surface area contributed by atoms with Gasteiger partial charge < -0.3 is 9.84 Å². The largest absolute Gasteiger partial charge is 0.423 e. The molecular weight excluding hydrogens is 228 g/mol. The van der Waals surface area contributed by atoms with E-state index in [1.807, 2.05) is 20.8 Å². The molecule has 0 aliphatic rings. The van der Waals surface area contributed by atoms with Crippen LogP contribution in [-0.4, -0.2) is 11.1 Å². The summed E-state index contributed by atoms with van der Waals surface area (Å²) in [5.41, 5.74) is 0.932. The van der Waals surface area contributed by atoms with Crippen molar-refractivity contribution in [3.63, 3.8) is 0 Å². The van der Waals surface area contributed by atoms with Crippen LogP contribution in [0.3, 0.4) is 0 Å². The molecule has 0 spiro atoms. The Hall–Kier alpha value is -1.61. The molecule has 98 valence electrons. The lowest BCUT2D eigenvalue weighted by Crippen LogP contribution is -2.17. The fourth-order valence-corrected chi connectivity index (χ4v) is 1.41. The van der Waals surface area contributed by atoms with Crippen molar-refractivity contribution in [1.29, 1.82) is 0 Å². The van der Waals surface area contributed by atoms with Crippen LogP contribution in [0.15, 0.2) is 36.4 Å². The van der Waals surface area contributed by atoms with Crippen molar-refractivity contribution in [1.82, 2.24) is 0 Å². The Morgan fingerprint density at radius 2 is 1.78 bits per heavy atom. The van der Waals surface area contributed by atoms with Gasteiger partial charge in [-0.3, -0.25) is 0 Å². The summed E-state index contributed by atoms with van der Waals surface area (Å²) in [5.74, 6) is 0.00646. The van der Waals surface area contributed by atoms with Crippen LogP contribution in [0.25, 0.3) is 0 Å². The predicted molar refractivity (Wildman–Crippen MR) is 71.3 cm³/mol. The molecule has 1 rings (SSSR count). The topological polar surface area (TPSA) is 46.5 Å². The number of hydrogen-bond acceptors (Lipinski definition) is 3. The minimum absolute atomic E-state index is 0.226. The van der Waals surface area contributed by atoms with E-state index in [-0.39, 0.29) is 5.41 Å². The molecule has 1 atom stereocenters. The molecule has 0 bridgehead atoms. The van der Waals surface area contributed by atoms with Crippen LogP contribution in [0.2, 0.25) is 0 Å². The van der Waals surface area contributed by atoms with E-state index in [2.05, 4.69) is 6.58 Å². The maximum absolute atomic E-state index is 11.3. The molecule has 3 heteroatoms. The van der Waals surface area contributed by atoms with E-state index in [1.54, 1.807) is 31.2 Å². The molecule has 0 aliphatic heterocycles. The third-order valence-corrected chi connectivity index (χ3v) is 2.58. The number of aliphatic hydroxyl groups is 1. The van der Waals surface area contributed by atoms with Crippen LogP contribution in [0, 0.1) is 5.41 Å². The van der Waals surface area contributed by atoms with Gasteiger partial charge in [-0.2, -0.15) is 0 Å². The lowest BCUT2D eigenvalue weighted by molar-refractivity contribution is -0.130. The second-order valence-corrected chi connectivity index (χ2v) is 5.51. The zero-order valence-corrected chi connectivity index (χ0v) is 11.4. The zero-order valence-electron chi connectivity index (χ0n) is 11.4. The molecule has 3 nitrogen and oxygen atoms in total. The molecule has 18 heavy (non-hydrogen) atoms. The number of carbonyl (C=O) groups excluding carboxylic acids is 1. The maximum atomic E-state index is 11.3. The van der Waals surface area contributed by atoms with Gasteiger partial charge in [-0.25, -0.2) is 4.79 Å². The highest BCUT2D eigenvalue weighted by Crippen LogP contribution is 2.33. The Labute approximate surface area is 108 Å². The van der Waals surface area contributed by atoms with Gasteiger partial charge in [0, 0.05) is 5.57 Å². The van der Waals surface area contributed by atoms with Gasteiger partial charge >= 0.3 is 5.97 Å². The fraction of sp³-hybridized carbons (Fsp3) is 0.400. The van der Waals surface area contributed by atoms with Gasteiger partial charge in [0.15, 0.2) is 0 Å². The summed E-state index contributed by atoms with van der Waals surface area (Å²) in [6, 6.07) is 6.87. The highest BCUT2D eigenvalue weighted by Gasteiger charge is 2.23. The van der Waals surface area contributed by atoms with Gasteiger partial charge in [0.2, 0.25) is 0 Å². The molecular formula is C15H20O3. The Kier molecular flexibility index (Phi) is 4.30. The van der Waals surface area contributed by atoms with Crippen LogP contribution in [0.5, 0.6) is 5.75 Å². The first-order valence-corrected chi connectivity index (χ1v) is 5.87. The van der Waals surface area contributed by atoms with E-state index in [0.29, 0.717) is 11.3 Å². The van der Waals surface area contributed by atoms with Gasteiger partial charge in [-0.15, -0.1) is 0 Å². The Morgan fingerprint density at radius 1 is 1.28 bits per heavy atom. The van der Waals surface area contributed by atoms with Crippen LogP contribution < -0.4 is 4.74 Å². The molecule has 1 unspecified atom stereocenters. The monoisotopic (exact) mass is 248 g/mol. The average Bonchev–Trinajstić information content (AvgIpc) is 2.27. The highest BCUT2D eigenvalue weighted by molar-refractivity contribution is 5.88. The third-order valence-electron chi connectivity index (χ3n) is 2.58. The molecule has 0 aliphatic carbocycles. The Balaban J connectivity index is 2.81. The minimum atomic E-state index is -0.552. The number of aliphatic hydroxyl groups excluding tert-OH is 1. The normalized spacial score (nSPS) is 12.9. The van der Waals surface area contributed by atoms with Gasteiger partial charge in [0.25, 0.3) is 0 Å². The second-order valence-electron chi connectivity index (χ2n) is 5.51. The predicted octanol–water partition coefficient (Wildman–Crippen LogP) is 3.25. The first-order chi connectivity index (χ1) is 8.21. The van der Waals surface area contributed by atoms with Gasteiger partial charge in [-0.1, -0.05) is 39.5 Å². The SMILES string of the molecule is C=C(C)C(=O)Oc1ccc(C(O)C(C)(C)C)cc1. The molecule has 1 aromatic carbocycles. The number of carbonyl (C=O) groups is 1. The van der Waals surface area contributed by atoms with Crippen LogP contribution in [-0.2, 0) is 4.79 Å². The lowest BCUT2D eigenvalue weighted by Gasteiger charge is -2.26. The van der Waals surface area contributed by atoms with Crippen molar-refractivity contribution in [3.8, 4) is 5.75 Å². The van der Waals surface area contributed by atoms with E-state index in [1.165, 1.54) is 0 Å². The van der Waals surface area contributed by atoms with Crippen LogP contribution in [0.4, 0.5) is 0 Å². The first kappa shape index (κ1) is 14.5. The van der Waals surface area contributed by atoms with Crippen molar-refractivity contribution in [2.45, 2.75) is 33.8 Å². The Bertz CT molecular complexity index is 438. The van der Waals surface area contributed by atoms with Crippen molar-refractivity contribution in [2.24, 2.45) is 5.41 Å². The van der Waals surface area contributed by atoms with E-state index in [0.717, 1.165) is 5.56 Å². The zero-order chi connectivity index (χ0) is 13.9. The fourth-order valence-electron chi connectivity index (χ4n) is 1.41. The standard InChI is InChI=1S/C15H20O3/c1-10(2)14(17)18-12-8-6-11(7-9-12)13(16)15(3,4)5/h6-9,13,16H,1H2,2-5H3. The van der Waals surface area contributed by atoms with Crippen LogP contribution >= 0.6 is 0 Å². The van der Waals surface area contributed by atoms with E-state index < -0.39 is 12.1 Å². The van der Waals surface area contributed by atoms with E-state index >= 15 is 0 Å². The first-order valence-electron chi connectivity index (χ1n) is 5.87. The third kappa shape index (κ3) is 3.70. The molecule has 0 saturated carbocycles. The number of rotatable bonds is 3. The average molecular weight is 248 g/mol. The molecule has 0 saturated heterocycles. The van der Waals surface area contributed by atoms with Gasteiger partial charge in [-0.05, 0) is 30.0 Å². The Morgan fingerprint density at radius 3 is 2.17 bits per heavy atom. The smallest absolute Gasteiger partial charge is 0.338 e. The molecule has 0 aromatic heterocycles. The summed E-state index contributed by atoms with van der Waals surface area (Å²) < 4.78 is 5.08. The van der Waals surface area contributed by atoms with Gasteiger partial charge in [0.1, 0.15) is 5.75 Å². The summed E-state index contributed by atoms with van der Waals surface area (Å²) in [6.45, 7) is 11.0. The van der Waals surface area contributed by atoms with Crippen molar-refractivity contribution < 1.29 is 14.6 Å². The number of benzene rings is 1. The molecule has 0 heterocycles. The quantitative estimate of drug-likeness (QED) is 0.507. The summed E-state index contributed by atoms with van der Waals surface area (Å²) in [4.78, 5) is 11.3. The second kappa shape index (κ2) is 5.36. The molecule has 1 aromatic rings. The number of hydrogen-bond donors (Lipinski definition) is 1. The summed E-state index contributed by atoms with van der Waals surface area (Å²) in [6.07, 6.45) is -0.552. The summed E-state index contributed by atoms with van der Waals surface area (Å²) in [7, 11) is 0. The molecule has 0 radical (unpaired) electrons. The molecule has 0 amide bonds. The summed E-state index contributed by atoms with van der Waals surface area (Å²) in [5, 5.41) is 10.1. The van der Waals surface area contributed by atoms with Crippen molar-refractivity contribution >= 4 is 5.97 Å². The summed E-state index contributed by atoms with van der Waals surface area (Å²) >= 11 is 0. The van der Waals surface area contributed by atoms with E-state index in [4.69, 9.17) is 4.74 Å². The maximum Gasteiger partial charge on any atom is 0.338 e. The molecule has 0 fully saturated rings. The van der Waals surface area contributed by atoms with Crippen molar-refractivity contribution in [2.75, 3.05) is 0 Å². The van der Waals surface area contributed by atoms with Crippen LogP contribution in [0.1, 0.15) is 39.4 Å². The van der Waals surface area contributed by atoms with Gasteiger partial charge in [0.05, 0.1) is 6.10 Å². The number of ether oxygens (including phenoxy) is 1. The van der Waals surface area contributed by atoms with Crippen molar-refractivity contribution in [3.05, 3.63) is 42.0 Å². The lowest BCUT2D eigenvalue weighted by atomic mass is 9.85. The highest BCUT2D eigenvalue weighted by atomic mass is 16.5. The number of esters is 1.